The van der Waals surface area contributed by atoms with Crippen LogP contribution in [0.1, 0.15) is 49.9 Å². The lowest BCUT2D eigenvalue weighted by molar-refractivity contribution is 0.00578. The van der Waals surface area contributed by atoms with E-state index in [0.29, 0.717) is 0 Å². The molecule has 0 spiro atoms. The minimum Gasteiger partial charge on any atom is -0.399 e. The highest BCUT2D eigenvalue weighted by atomic mass is 16.7. The first-order valence-corrected chi connectivity index (χ1v) is 16.3. The van der Waals surface area contributed by atoms with Crippen molar-refractivity contribution in [1.82, 2.24) is 0 Å². The fourth-order valence-corrected chi connectivity index (χ4v) is 8.05. The highest BCUT2D eigenvalue weighted by Gasteiger charge is 2.52. The van der Waals surface area contributed by atoms with Crippen molar-refractivity contribution in [1.29, 1.82) is 0 Å². The van der Waals surface area contributed by atoms with Crippen LogP contribution in [0.3, 0.4) is 0 Å². The summed E-state index contributed by atoms with van der Waals surface area (Å²) in [6.45, 7) is 8.46. The Morgan fingerprint density at radius 3 is 1.59 bits per heavy atom. The summed E-state index contributed by atoms with van der Waals surface area (Å²) in [6, 6.07) is 51.6. The van der Waals surface area contributed by atoms with Crippen LogP contribution in [0, 0.1) is 0 Å². The predicted octanol–water partition coefficient (Wildman–Crippen LogP) is 9.81. The summed E-state index contributed by atoms with van der Waals surface area (Å²) in [4.78, 5) is 0. The Bertz CT molecular complexity index is 2320. The van der Waals surface area contributed by atoms with Crippen molar-refractivity contribution in [3.05, 3.63) is 162 Å². The Morgan fingerprint density at radius 2 is 0.935 bits per heavy atom. The zero-order chi connectivity index (χ0) is 31.3. The first-order chi connectivity index (χ1) is 22.3. The third-order valence-electron chi connectivity index (χ3n) is 11.0. The molecule has 1 atom stereocenters. The Balaban J connectivity index is 1.39. The van der Waals surface area contributed by atoms with Gasteiger partial charge in [0.15, 0.2) is 0 Å². The van der Waals surface area contributed by atoms with E-state index >= 15 is 0 Å². The van der Waals surface area contributed by atoms with E-state index in [0.717, 1.165) is 5.46 Å². The van der Waals surface area contributed by atoms with Gasteiger partial charge >= 0.3 is 7.12 Å². The van der Waals surface area contributed by atoms with Gasteiger partial charge in [0.25, 0.3) is 0 Å². The number of benzene rings is 7. The molecule has 0 saturated carbocycles. The maximum Gasteiger partial charge on any atom is 0.494 e. The summed E-state index contributed by atoms with van der Waals surface area (Å²) in [7, 11) is -0.444. The van der Waals surface area contributed by atoms with E-state index in [9.17, 15) is 0 Å². The van der Waals surface area contributed by atoms with Gasteiger partial charge in [-0.2, -0.15) is 0 Å². The molecule has 222 valence electrons. The van der Waals surface area contributed by atoms with Crippen molar-refractivity contribution >= 4 is 44.9 Å². The van der Waals surface area contributed by atoms with Crippen LogP contribution >= 0.6 is 0 Å². The lowest BCUT2D eigenvalue weighted by atomic mass is 9.65. The van der Waals surface area contributed by atoms with E-state index in [-0.39, 0.29) is 0 Å². The van der Waals surface area contributed by atoms with Gasteiger partial charge in [0.2, 0.25) is 0 Å². The van der Waals surface area contributed by atoms with Crippen LogP contribution in [0.15, 0.2) is 140 Å². The second-order valence-corrected chi connectivity index (χ2v) is 13.9. The Labute approximate surface area is 270 Å². The molecule has 0 N–H and O–H groups in total. The van der Waals surface area contributed by atoms with E-state index < -0.39 is 23.7 Å². The van der Waals surface area contributed by atoms with Crippen LogP contribution < -0.4 is 5.46 Å². The molecule has 2 aliphatic rings. The van der Waals surface area contributed by atoms with Crippen LogP contribution in [0.25, 0.3) is 43.4 Å². The van der Waals surface area contributed by atoms with E-state index in [4.69, 9.17) is 9.31 Å². The molecule has 1 heterocycles. The molecule has 3 heteroatoms. The van der Waals surface area contributed by atoms with Gasteiger partial charge in [0.1, 0.15) is 0 Å². The third kappa shape index (κ3) is 3.67. The minimum atomic E-state index is -0.534. The summed E-state index contributed by atoms with van der Waals surface area (Å²) in [5.41, 5.74) is 7.29. The molecule has 0 bridgehead atoms. The molecule has 0 aromatic heterocycles. The number of hydrogen-bond acceptors (Lipinski definition) is 2. The van der Waals surface area contributed by atoms with Crippen molar-refractivity contribution in [2.24, 2.45) is 0 Å². The van der Waals surface area contributed by atoms with E-state index in [1.54, 1.807) is 0 Å². The minimum absolute atomic E-state index is 0.417. The molecule has 0 amide bonds. The van der Waals surface area contributed by atoms with E-state index in [1.807, 2.05) is 0 Å². The molecule has 9 rings (SSSR count). The number of fused-ring (bicyclic) bond motifs is 9. The predicted molar refractivity (Wildman–Crippen MR) is 192 cm³/mol. The SMILES string of the molecule is CC1(C)OB(c2cccc(C3(c4ccccc4)c4ccccc4-c4cc5c6ccccc6c6ccccc6c5cc43)c2)OC1(C)C. The smallest absolute Gasteiger partial charge is 0.399 e. The van der Waals surface area contributed by atoms with Gasteiger partial charge in [-0.25, -0.2) is 0 Å². The lowest BCUT2D eigenvalue weighted by Crippen LogP contribution is -2.41. The quantitative estimate of drug-likeness (QED) is 0.150. The highest BCUT2D eigenvalue weighted by molar-refractivity contribution is 6.62. The molecule has 2 nitrogen and oxygen atoms in total. The number of rotatable bonds is 3. The summed E-state index contributed by atoms with van der Waals surface area (Å²) in [5.74, 6) is 0. The molecule has 0 radical (unpaired) electrons. The second kappa shape index (κ2) is 9.66. The molecule has 1 saturated heterocycles. The van der Waals surface area contributed by atoms with Crippen molar-refractivity contribution in [3.8, 4) is 11.1 Å². The first-order valence-electron chi connectivity index (χ1n) is 16.3. The normalized spacial score (nSPS) is 19.5. The third-order valence-corrected chi connectivity index (χ3v) is 11.0. The molecule has 7 aromatic rings. The first kappa shape index (κ1) is 27.6. The Kier molecular flexibility index (Phi) is 5.79. The van der Waals surface area contributed by atoms with Crippen LogP contribution in [0.4, 0.5) is 0 Å². The zero-order valence-electron chi connectivity index (χ0n) is 26.7. The molecular weight excluding hydrogens is 559 g/mol. The van der Waals surface area contributed by atoms with Crippen LogP contribution in [-0.4, -0.2) is 18.3 Å². The molecule has 1 aliphatic heterocycles. The van der Waals surface area contributed by atoms with Crippen molar-refractivity contribution in [2.75, 3.05) is 0 Å². The van der Waals surface area contributed by atoms with Gasteiger partial charge in [0, 0.05) is 0 Å². The summed E-state index contributed by atoms with van der Waals surface area (Å²) in [6.07, 6.45) is 0. The van der Waals surface area contributed by atoms with Gasteiger partial charge in [-0.3, -0.25) is 0 Å². The molecular formula is C43H35BO2. The van der Waals surface area contributed by atoms with Gasteiger partial charge in [-0.15, -0.1) is 0 Å². The Hall–Kier alpha value is -4.70. The van der Waals surface area contributed by atoms with Gasteiger partial charge < -0.3 is 9.31 Å². The zero-order valence-corrected chi connectivity index (χ0v) is 26.7. The average Bonchev–Trinajstić information content (AvgIpc) is 3.50. The lowest BCUT2D eigenvalue weighted by Gasteiger charge is -2.34. The molecule has 1 fully saturated rings. The maximum absolute atomic E-state index is 6.57. The summed E-state index contributed by atoms with van der Waals surface area (Å²) in [5, 5.41) is 7.72. The van der Waals surface area contributed by atoms with E-state index in [2.05, 4.69) is 167 Å². The fourth-order valence-electron chi connectivity index (χ4n) is 8.05. The maximum atomic E-state index is 6.57. The van der Waals surface area contributed by atoms with E-state index in [1.165, 1.54) is 65.7 Å². The molecule has 1 aliphatic carbocycles. The average molecular weight is 595 g/mol. The van der Waals surface area contributed by atoms with Gasteiger partial charge in [-0.1, -0.05) is 127 Å². The van der Waals surface area contributed by atoms with Gasteiger partial charge in [0.05, 0.1) is 16.6 Å². The topological polar surface area (TPSA) is 18.5 Å². The van der Waals surface area contributed by atoms with Crippen LogP contribution in [0.2, 0.25) is 0 Å². The van der Waals surface area contributed by atoms with Crippen molar-refractivity contribution < 1.29 is 9.31 Å². The number of hydrogen-bond donors (Lipinski definition) is 0. The van der Waals surface area contributed by atoms with Crippen molar-refractivity contribution in [2.45, 2.75) is 44.3 Å². The standard InChI is InChI=1S/C43H35BO2/c1-41(2)42(3,4)46-44(45-41)30-18-14-17-29(25-30)43(28-15-6-5-7-16-28)39-24-13-12-23-35(39)38-26-36-33-21-10-8-19-31(33)32-20-9-11-22-34(32)37(36)27-40(38)43/h5-27H,1-4H3. The molecule has 46 heavy (non-hydrogen) atoms. The highest BCUT2D eigenvalue weighted by Crippen LogP contribution is 2.57. The summed E-state index contributed by atoms with van der Waals surface area (Å²) >= 11 is 0. The molecule has 7 aromatic carbocycles. The monoisotopic (exact) mass is 594 g/mol. The fraction of sp³-hybridized carbons (Fsp3) is 0.163. The van der Waals surface area contributed by atoms with Crippen molar-refractivity contribution in [3.63, 3.8) is 0 Å². The largest absolute Gasteiger partial charge is 0.494 e. The van der Waals surface area contributed by atoms with Gasteiger partial charge in [-0.05, 0) is 111 Å². The Morgan fingerprint density at radius 1 is 0.413 bits per heavy atom. The van der Waals surface area contributed by atoms with Crippen LogP contribution in [0.5, 0.6) is 0 Å². The second-order valence-electron chi connectivity index (χ2n) is 13.9. The summed E-state index contributed by atoms with van der Waals surface area (Å²) < 4.78 is 13.1. The molecule has 1 unspecified atom stereocenters. The van der Waals surface area contributed by atoms with Crippen LogP contribution in [-0.2, 0) is 14.7 Å².